The van der Waals surface area contributed by atoms with Crippen molar-refractivity contribution < 1.29 is 17.4 Å². The van der Waals surface area contributed by atoms with Gasteiger partial charge in [0.2, 0.25) is 0 Å². The smallest absolute Gasteiger partial charge is 0.366 e. The molecule has 4 aromatic carbocycles. The molecule has 1 N–H and O–H groups in total. The molecule has 0 atom stereocenters. The van der Waals surface area contributed by atoms with Gasteiger partial charge in [0.05, 0.1) is 0 Å². The number of carbonyl (C=O) groups is 1. The number of rotatable bonds is 9. The number of hydrogen-bond donors (Lipinski definition) is 1. The Bertz CT molecular complexity index is 1360. The largest absolute Gasteiger partial charge is 0.409 e. The van der Waals surface area contributed by atoms with Crippen molar-refractivity contribution in [2.45, 2.75) is 44.9 Å². The van der Waals surface area contributed by atoms with Gasteiger partial charge in [-0.2, -0.15) is 8.42 Å². The van der Waals surface area contributed by atoms with Crippen molar-refractivity contribution in [1.82, 2.24) is 4.72 Å². The molecule has 0 aliphatic heterocycles. The average molecular weight is 528 g/mol. The molecule has 0 fully saturated rings. The lowest BCUT2D eigenvalue weighted by Gasteiger charge is -2.34. The zero-order valence-electron chi connectivity index (χ0n) is 22.1. The van der Waals surface area contributed by atoms with E-state index in [1.165, 1.54) is 0 Å². The van der Waals surface area contributed by atoms with Crippen LogP contribution in [0.15, 0.2) is 109 Å². The normalized spacial score (nSPS) is 11.9. The second-order valence-electron chi connectivity index (χ2n) is 9.89. The van der Waals surface area contributed by atoms with Crippen LogP contribution < -0.4 is 8.91 Å². The molecule has 38 heavy (non-hydrogen) atoms. The SMILES string of the molecule is CC(C)c1cccc(C(C)C)c1OS(=O)(=O)NC(=O)C(c1ccccc1)(c1ccccc1)c1ccccc1. The van der Waals surface area contributed by atoms with Crippen LogP contribution in [0.3, 0.4) is 0 Å². The van der Waals surface area contributed by atoms with Gasteiger partial charge in [0, 0.05) is 0 Å². The second kappa shape index (κ2) is 11.2. The summed E-state index contributed by atoms with van der Waals surface area (Å²) in [4.78, 5) is 14.3. The Morgan fingerprint density at radius 3 is 1.34 bits per heavy atom. The standard InChI is InChI=1S/C32H33NO4S/c1-23(2)28-21-14-22-29(24(3)4)30(28)37-38(35,36)33-31(34)32(25-15-8-5-9-16-25,26-17-10-6-11-18-26)27-19-12-7-13-20-27/h5-24H,1-4H3,(H,33,34). The number of nitrogens with one attached hydrogen (secondary N) is 1. The molecule has 0 radical (unpaired) electrons. The molecule has 1 amide bonds. The molecule has 0 aliphatic carbocycles. The predicted octanol–water partition coefficient (Wildman–Crippen LogP) is 6.71. The molecule has 5 nitrogen and oxygen atoms in total. The van der Waals surface area contributed by atoms with Gasteiger partial charge in [-0.15, -0.1) is 0 Å². The zero-order valence-corrected chi connectivity index (χ0v) is 22.9. The Kier molecular flexibility index (Phi) is 8.02. The van der Waals surface area contributed by atoms with Gasteiger partial charge in [0.15, 0.2) is 5.75 Å². The molecule has 0 saturated heterocycles. The molecule has 0 unspecified atom stereocenters. The first-order chi connectivity index (χ1) is 18.2. The fourth-order valence-corrected chi connectivity index (χ4v) is 5.69. The van der Waals surface area contributed by atoms with Crippen LogP contribution in [0, 0.1) is 0 Å². The summed E-state index contributed by atoms with van der Waals surface area (Å²) < 4.78 is 35.1. The van der Waals surface area contributed by atoms with Crippen molar-refractivity contribution in [2.24, 2.45) is 0 Å². The Morgan fingerprint density at radius 1 is 0.632 bits per heavy atom. The molecule has 0 spiro atoms. The van der Waals surface area contributed by atoms with Crippen molar-refractivity contribution in [3.63, 3.8) is 0 Å². The molecular weight excluding hydrogens is 494 g/mol. The minimum atomic E-state index is -4.55. The fourth-order valence-electron chi connectivity index (χ4n) is 4.86. The first-order valence-corrected chi connectivity index (χ1v) is 14.1. The van der Waals surface area contributed by atoms with E-state index in [0.717, 1.165) is 11.1 Å². The van der Waals surface area contributed by atoms with E-state index in [0.29, 0.717) is 16.7 Å². The molecule has 0 heterocycles. The van der Waals surface area contributed by atoms with Gasteiger partial charge in [-0.1, -0.05) is 137 Å². The minimum Gasteiger partial charge on any atom is -0.366 e. The Balaban J connectivity index is 1.86. The van der Waals surface area contributed by atoms with Crippen molar-refractivity contribution in [2.75, 3.05) is 0 Å². The lowest BCUT2D eigenvalue weighted by atomic mass is 9.69. The summed E-state index contributed by atoms with van der Waals surface area (Å²) in [5.41, 5.74) is 1.98. The van der Waals surface area contributed by atoms with Gasteiger partial charge < -0.3 is 4.18 Å². The van der Waals surface area contributed by atoms with E-state index in [1.807, 2.05) is 137 Å². The first kappa shape index (κ1) is 27.1. The highest BCUT2D eigenvalue weighted by molar-refractivity contribution is 7.85. The van der Waals surface area contributed by atoms with Crippen molar-refractivity contribution in [3.05, 3.63) is 137 Å². The quantitative estimate of drug-likeness (QED) is 0.246. The number of benzene rings is 4. The number of hydrogen-bond acceptors (Lipinski definition) is 4. The van der Waals surface area contributed by atoms with Crippen LogP contribution >= 0.6 is 0 Å². The highest BCUT2D eigenvalue weighted by Gasteiger charge is 2.45. The van der Waals surface area contributed by atoms with Gasteiger partial charge in [-0.25, -0.2) is 4.72 Å². The van der Waals surface area contributed by atoms with E-state index in [1.54, 1.807) is 0 Å². The lowest BCUT2D eigenvalue weighted by molar-refractivity contribution is -0.122. The molecule has 0 bridgehead atoms. The predicted molar refractivity (Wildman–Crippen MR) is 152 cm³/mol. The Hall–Kier alpha value is -3.90. The summed E-state index contributed by atoms with van der Waals surface area (Å²) >= 11 is 0. The van der Waals surface area contributed by atoms with Gasteiger partial charge in [0.25, 0.3) is 5.91 Å². The summed E-state index contributed by atoms with van der Waals surface area (Å²) in [6, 6.07) is 33.2. The molecule has 0 saturated carbocycles. The van der Waals surface area contributed by atoms with Gasteiger partial charge in [0.1, 0.15) is 5.41 Å². The molecule has 4 rings (SSSR count). The molecular formula is C32H33NO4S. The van der Waals surface area contributed by atoms with Crippen LogP contribution in [-0.2, 0) is 20.5 Å². The van der Waals surface area contributed by atoms with E-state index >= 15 is 0 Å². The maximum Gasteiger partial charge on any atom is 0.409 e. The number of carbonyl (C=O) groups excluding carboxylic acids is 1. The van der Waals surface area contributed by atoms with E-state index in [2.05, 4.69) is 4.72 Å². The van der Waals surface area contributed by atoms with Crippen LogP contribution in [0.4, 0.5) is 0 Å². The molecule has 196 valence electrons. The summed E-state index contributed by atoms with van der Waals surface area (Å²) in [5, 5.41) is 0. The third-order valence-corrected chi connectivity index (χ3v) is 7.51. The third-order valence-electron chi connectivity index (χ3n) is 6.69. The van der Waals surface area contributed by atoms with Crippen molar-refractivity contribution >= 4 is 16.2 Å². The molecule has 4 aromatic rings. The first-order valence-electron chi connectivity index (χ1n) is 12.7. The Morgan fingerprint density at radius 2 is 1.00 bits per heavy atom. The summed E-state index contributed by atoms with van der Waals surface area (Å²) in [6.07, 6.45) is 0. The second-order valence-corrected chi connectivity index (χ2v) is 11.2. The molecule has 0 aromatic heterocycles. The molecule has 0 aliphatic rings. The number of amides is 1. The summed E-state index contributed by atoms with van der Waals surface area (Å²) in [6.45, 7) is 7.90. The van der Waals surface area contributed by atoms with E-state index in [-0.39, 0.29) is 17.6 Å². The topological polar surface area (TPSA) is 72.5 Å². The fraction of sp³-hybridized carbons (Fsp3) is 0.219. The lowest BCUT2D eigenvalue weighted by Crippen LogP contribution is -2.49. The van der Waals surface area contributed by atoms with Crippen LogP contribution in [-0.4, -0.2) is 14.3 Å². The van der Waals surface area contributed by atoms with E-state index < -0.39 is 21.6 Å². The van der Waals surface area contributed by atoms with Crippen LogP contribution in [0.1, 0.15) is 67.3 Å². The number of para-hydroxylation sites is 1. The van der Waals surface area contributed by atoms with Gasteiger partial charge in [-0.3, -0.25) is 4.79 Å². The van der Waals surface area contributed by atoms with Crippen LogP contribution in [0.2, 0.25) is 0 Å². The average Bonchev–Trinajstić information content (AvgIpc) is 2.90. The van der Waals surface area contributed by atoms with Crippen LogP contribution in [0.5, 0.6) is 5.75 Å². The zero-order chi connectivity index (χ0) is 27.3. The van der Waals surface area contributed by atoms with Crippen molar-refractivity contribution in [1.29, 1.82) is 0 Å². The van der Waals surface area contributed by atoms with Gasteiger partial charge in [-0.05, 0) is 39.7 Å². The van der Waals surface area contributed by atoms with Crippen LogP contribution in [0.25, 0.3) is 0 Å². The molecule has 6 heteroatoms. The van der Waals surface area contributed by atoms with E-state index in [9.17, 15) is 13.2 Å². The Labute approximate surface area is 225 Å². The summed E-state index contributed by atoms with van der Waals surface area (Å²) in [7, 11) is -4.55. The summed E-state index contributed by atoms with van der Waals surface area (Å²) in [5.74, 6) is -0.421. The minimum absolute atomic E-state index is 0.0200. The third kappa shape index (κ3) is 5.36. The maximum atomic E-state index is 14.3. The monoisotopic (exact) mass is 527 g/mol. The highest BCUT2D eigenvalue weighted by atomic mass is 32.2. The van der Waals surface area contributed by atoms with Crippen molar-refractivity contribution in [3.8, 4) is 5.75 Å². The van der Waals surface area contributed by atoms with E-state index in [4.69, 9.17) is 4.18 Å². The highest BCUT2D eigenvalue weighted by Crippen LogP contribution is 2.40. The maximum absolute atomic E-state index is 14.3. The van der Waals surface area contributed by atoms with Gasteiger partial charge >= 0.3 is 10.3 Å².